The zero-order chi connectivity index (χ0) is 20.3. The summed E-state index contributed by atoms with van der Waals surface area (Å²) in [7, 11) is 3.41. The molecule has 2 aromatic carbocycles. The van der Waals surface area contributed by atoms with Gasteiger partial charge >= 0.3 is 0 Å². The Morgan fingerprint density at radius 1 is 1.25 bits per heavy atom. The maximum atomic E-state index is 12.7. The molecule has 0 radical (unpaired) electrons. The fourth-order valence-corrected chi connectivity index (χ4v) is 4.38. The van der Waals surface area contributed by atoms with E-state index in [0.717, 1.165) is 23.5 Å². The molecule has 1 aliphatic heterocycles. The van der Waals surface area contributed by atoms with Crippen LogP contribution in [0, 0.1) is 0 Å². The molecule has 0 spiro atoms. The second-order valence-electron chi connectivity index (χ2n) is 7.08. The van der Waals surface area contributed by atoms with E-state index in [2.05, 4.69) is 17.1 Å². The largest absolute Gasteiger partial charge is 0.361 e. The van der Waals surface area contributed by atoms with Gasteiger partial charge in [-0.1, -0.05) is 24.6 Å². The van der Waals surface area contributed by atoms with Crippen molar-refractivity contribution in [2.45, 2.75) is 23.5 Å². The topological polar surface area (TPSA) is 52.7 Å². The van der Waals surface area contributed by atoms with Crippen molar-refractivity contribution in [3.63, 3.8) is 0 Å². The van der Waals surface area contributed by atoms with Crippen LogP contribution in [0.3, 0.4) is 0 Å². The maximum Gasteiger partial charge on any atom is 0.253 e. The zero-order valence-corrected chi connectivity index (χ0v) is 17.8. The van der Waals surface area contributed by atoms with Crippen molar-refractivity contribution in [1.82, 2.24) is 4.90 Å². The Hall–Kier alpha value is -2.18. The number of carbonyl (C=O) groups excluding carboxylic acids is 2. The number of benzene rings is 2. The van der Waals surface area contributed by atoms with E-state index in [0.29, 0.717) is 21.5 Å². The first-order chi connectivity index (χ1) is 13.3. The van der Waals surface area contributed by atoms with Gasteiger partial charge in [0.2, 0.25) is 5.91 Å². The summed E-state index contributed by atoms with van der Waals surface area (Å²) < 4.78 is 0. The molecule has 1 atom stereocenters. The maximum absolute atomic E-state index is 12.7. The lowest BCUT2D eigenvalue weighted by Crippen LogP contribution is -2.34. The molecule has 148 valence electrons. The van der Waals surface area contributed by atoms with Gasteiger partial charge in [-0.05, 0) is 42.8 Å². The summed E-state index contributed by atoms with van der Waals surface area (Å²) in [6, 6.07) is 12.8. The van der Waals surface area contributed by atoms with Crippen molar-refractivity contribution in [1.29, 1.82) is 0 Å². The average molecular weight is 418 g/mol. The molecule has 5 nitrogen and oxygen atoms in total. The number of carbonyl (C=O) groups is 2. The number of thioether (sulfide) groups is 1. The third-order valence-corrected chi connectivity index (χ3v) is 6.00. The van der Waals surface area contributed by atoms with Crippen molar-refractivity contribution in [2.24, 2.45) is 0 Å². The van der Waals surface area contributed by atoms with E-state index < -0.39 is 0 Å². The molecule has 0 saturated heterocycles. The minimum atomic E-state index is -0.125. The average Bonchev–Trinajstić information content (AvgIpc) is 2.80. The van der Waals surface area contributed by atoms with Crippen LogP contribution in [0.4, 0.5) is 11.4 Å². The van der Waals surface area contributed by atoms with E-state index in [-0.39, 0.29) is 18.4 Å². The molecule has 1 N–H and O–H groups in total. The second-order valence-corrected chi connectivity index (χ2v) is 9.00. The summed E-state index contributed by atoms with van der Waals surface area (Å²) in [6.45, 7) is 3.21. The molecule has 1 unspecified atom stereocenters. The molecule has 2 aromatic rings. The molecule has 1 aliphatic rings. The quantitative estimate of drug-likeness (QED) is 0.802. The summed E-state index contributed by atoms with van der Waals surface area (Å²) in [4.78, 5) is 29.5. The van der Waals surface area contributed by atoms with Crippen LogP contribution in [0.2, 0.25) is 5.02 Å². The lowest BCUT2D eigenvalue weighted by Gasteiger charge is -2.24. The summed E-state index contributed by atoms with van der Waals surface area (Å²) >= 11 is 8.01. The highest BCUT2D eigenvalue weighted by Crippen LogP contribution is 2.38. The van der Waals surface area contributed by atoms with E-state index >= 15 is 0 Å². The number of anilines is 2. The number of halogens is 1. The molecule has 0 saturated carbocycles. The van der Waals surface area contributed by atoms with E-state index in [1.54, 1.807) is 38.4 Å². The monoisotopic (exact) mass is 417 g/mol. The lowest BCUT2D eigenvalue weighted by molar-refractivity contribution is -0.115. The van der Waals surface area contributed by atoms with Gasteiger partial charge in [-0.2, -0.15) is 0 Å². The Labute approximate surface area is 175 Å². The lowest BCUT2D eigenvalue weighted by atomic mass is 10.2. The van der Waals surface area contributed by atoms with Gasteiger partial charge in [0.25, 0.3) is 5.91 Å². The van der Waals surface area contributed by atoms with Gasteiger partial charge in [-0.15, -0.1) is 11.8 Å². The Bertz CT molecular complexity index is 888. The molecule has 7 heteroatoms. The SMILES string of the molecule is CC1CCN(CC(=O)Nc2cccc(C(=O)N(C)C)c2)c2cc(Cl)ccc2S1. The first-order valence-corrected chi connectivity index (χ1v) is 10.4. The van der Waals surface area contributed by atoms with Crippen molar-refractivity contribution in [2.75, 3.05) is 37.4 Å². The second kappa shape index (κ2) is 8.88. The van der Waals surface area contributed by atoms with Crippen molar-refractivity contribution in [3.05, 3.63) is 53.1 Å². The van der Waals surface area contributed by atoms with E-state index in [1.165, 1.54) is 4.90 Å². The van der Waals surface area contributed by atoms with Gasteiger partial charge in [-0.3, -0.25) is 9.59 Å². The first-order valence-electron chi connectivity index (χ1n) is 9.16. The summed E-state index contributed by atoms with van der Waals surface area (Å²) in [5.41, 5.74) is 2.15. The van der Waals surface area contributed by atoms with Crippen LogP contribution in [0.25, 0.3) is 0 Å². The number of fused-ring (bicyclic) bond motifs is 1. The predicted molar refractivity (Wildman–Crippen MR) is 117 cm³/mol. The number of nitrogens with zero attached hydrogens (tertiary/aromatic N) is 2. The summed E-state index contributed by atoms with van der Waals surface area (Å²) in [6.07, 6.45) is 0.983. The van der Waals surface area contributed by atoms with Crippen molar-refractivity contribution >= 4 is 46.6 Å². The van der Waals surface area contributed by atoms with Crippen LogP contribution in [0.15, 0.2) is 47.4 Å². The van der Waals surface area contributed by atoms with Crippen LogP contribution >= 0.6 is 23.4 Å². The molecule has 2 amide bonds. The molecule has 3 rings (SSSR count). The molecular formula is C21H24ClN3O2S. The normalized spacial score (nSPS) is 16.1. The van der Waals surface area contributed by atoms with E-state index in [1.807, 2.05) is 30.0 Å². The van der Waals surface area contributed by atoms with Crippen LogP contribution in [-0.4, -0.2) is 49.1 Å². The van der Waals surface area contributed by atoms with Crippen LogP contribution in [0.5, 0.6) is 0 Å². The van der Waals surface area contributed by atoms with Gasteiger partial charge in [0.05, 0.1) is 12.2 Å². The van der Waals surface area contributed by atoms with Gasteiger partial charge in [-0.25, -0.2) is 0 Å². The van der Waals surface area contributed by atoms with Crippen molar-refractivity contribution in [3.8, 4) is 0 Å². The Morgan fingerprint density at radius 2 is 2.04 bits per heavy atom. The highest BCUT2D eigenvalue weighted by Gasteiger charge is 2.22. The van der Waals surface area contributed by atoms with Crippen molar-refractivity contribution < 1.29 is 9.59 Å². The fourth-order valence-electron chi connectivity index (χ4n) is 3.10. The summed E-state index contributed by atoms with van der Waals surface area (Å²) in [5.74, 6) is -0.224. The molecule has 0 aliphatic carbocycles. The highest BCUT2D eigenvalue weighted by atomic mass is 35.5. The fraction of sp³-hybridized carbons (Fsp3) is 0.333. The van der Waals surface area contributed by atoms with Gasteiger partial charge in [0.1, 0.15) is 0 Å². The third-order valence-electron chi connectivity index (χ3n) is 4.53. The van der Waals surface area contributed by atoms with E-state index in [9.17, 15) is 9.59 Å². The van der Waals surface area contributed by atoms with Crippen LogP contribution in [0.1, 0.15) is 23.7 Å². The number of hydrogen-bond donors (Lipinski definition) is 1. The first kappa shape index (κ1) is 20.6. The number of hydrogen-bond acceptors (Lipinski definition) is 4. The highest BCUT2D eigenvalue weighted by molar-refractivity contribution is 8.00. The minimum absolute atomic E-state index is 0.0989. The Kier molecular flexibility index (Phi) is 6.52. The predicted octanol–water partition coefficient (Wildman–Crippen LogP) is 4.37. The minimum Gasteiger partial charge on any atom is -0.361 e. The van der Waals surface area contributed by atoms with Crippen LogP contribution in [-0.2, 0) is 4.79 Å². The Morgan fingerprint density at radius 3 is 2.79 bits per heavy atom. The number of amides is 2. The molecule has 28 heavy (non-hydrogen) atoms. The number of rotatable bonds is 4. The van der Waals surface area contributed by atoms with Gasteiger partial charge < -0.3 is 15.1 Å². The zero-order valence-electron chi connectivity index (χ0n) is 16.2. The molecular weight excluding hydrogens is 394 g/mol. The van der Waals surface area contributed by atoms with Gasteiger partial charge in [0, 0.05) is 47.1 Å². The summed E-state index contributed by atoms with van der Waals surface area (Å²) in [5, 5.41) is 4.04. The third kappa shape index (κ3) is 5.00. The molecule has 0 fully saturated rings. The molecule has 0 bridgehead atoms. The molecule has 1 heterocycles. The number of nitrogens with one attached hydrogen (secondary N) is 1. The Balaban J connectivity index is 1.74. The standard InChI is InChI=1S/C21H24ClN3O2S/c1-14-9-10-25(18-12-16(22)7-8-19(18)28-14)13-20(26)23-17-6-4-5-15(11-17)21(27)24(2)3/h4-8,11-12,14H,9-10,13H2,1-3H3,(H,23,26). The van der Waals surface area contributed by atoms with Crippen LogP contribution < -0.4 is 10.2 Å². The van der Waals surface area contributed by atoms with Gasteiger partial charge in [0.15, 0.2) is 0 Å². The van der Waals surface area contributed by atoms with E-state index in [4.69, 9.17) is 11.6 Å². The molecule has 0 aromatic heterocycles. The smallest absolute Gasteiger partial charge is 0.253 e.